The number of benzene rings is 1. The smallest absolute Gasteiger partial charge is 0.251 e. The van der Waals surface area contributed by atoms with Crippen LogP contribution in [0.5, 0.6) is 0 Å². The molecule has 2 N–H and O–H groups in total. The first-order chi connectivity index (χ1) is 17.4. The molecule has 0 saturated carbocycles. The van der Waals surface area contributed by atoms with Gasteiger partial charge in [0.25, 0.3) is 5.91 Å². The molecule has 2 heterocycles. The molecule has 1 aliphatic carbocycles. The number of nitrogens with zero attached hydrogens (tertiary/aromatic N) is 4. The number of aryl methyl sites for hydroxylation is 2. The lowest BCUT2D eigenvalue weighted by Gasteiger charge is -2.15. The zero-order chi connectivity index (χ0) is 25.7. The van der Waals surface area contributed by atoms with Crippen LogP contribution in [-0.2, 0) is 24.2 Å². The minimum absolute atomic E-state index is 0.118. The van der Waals surface area contributed by atoms with Crippen molar-refractivity contribution in [2.45, 2.75) is 57.3 Å². The van der Waals surface area contributed by atoms with Gasteiger partial charge in [0.2, 0.25) is 5.91 Å². The molecule has 186 valence electrons. The Morgan fingerprint density at radius 1 is 1.33 bits per heavy atom. The molecule has 0 fully saturated rings. The van der Waals surface area contributed by atoms with Gasteiger partial charge in [-0.1, -0.05) is 35.5 Å². The van der Waals surface area contributed by atoms with E-state index in [0.29, 0.717) is 33.7 Å². The molecule has 0 aliphatic heterocycles. The number of thiophene rings is 1. The SMILES string of the molecule is C=CCn1c(SCC(=O)Nc2sc3c(c2C#N)CCCC3)nnc1[C@H](C)NC(=O)c1cccc(C)c1. The molecule has 1 atom stereocenters. The number of nitriles is 1. The van der Waals surface area contributed by atoms with Crippen molar-refractivity contribution in [1.29, 1.82) is 5.26 Å². The van der Waals surface area contributed by atoms with Crippen molar-refractivity contribution in [2.75, 3.05) is 11.1 Å². The maximum Gasteiger partial charge on any atom is 0.251 e. The molecule has 3 aromatic rings. The van der Waals surface area contributed by atoms with E-state index in [0.717, 1.165) is 36.8 Å². The summed E-state index contributed by atoms with van der Waals surface area (Å²) in [7, 11) is 0. The average Bonchev–Trinajstić information content (AvgIpc) is 3.43. The molecule has 0 radical (unpaired) electrons. The van der Waals surface area contributed by atoms with E-state index in [4.69, 9.17) is 0 Å². The molecule has 0 unspecified atom stereocenters. The largest absolute Gasteiger partial charge is 0.342 e. The van der Waals surface area contributed by atoms with E-state index < -0.39 is 6.04 Å². The highest BCUT2D eigenvalue weighted by Crippen LogP contribution is 2.37. The lowest BCUT2D eigenvalue weighted by atomic mass is 9.96. The number of hydrogen-bond acceptors (Lipinski definition) is 7. The second-order valence-corrected chi connectivity index (χ2v) is 10.7. The molecule has 10 heteroatoms. The van der Waals surface area contributed by atoms with E-state index in [1.165, 1.54) is 28.0 Å². The predicted molar refractivity (Wildman–Crippen MR) is 142 cm³/mol. The summed E-state index contributed by atoms with van der Waals surface area (Å²) in [4.78, 5) is 26.6. The van der Waals surface area contributed by atoms with Crippen LogP contribution in [0.25, 0.3) is 0 Å². The van der Waals surface area contributed by atoms with Crippen molar-refractivity contribution < 1.29 is 9.59 Å². The van der Waals surface area contributed by atoms with Gasteiger partial charge in [-0.15, -0.1) is 28.1 Å². The van der Waals surface area contributed by atoms with E-state index in [1.807, 2.05) is 36.6 Å². The second-order valence-electron chi connectivity index (χ2n) is 8.67. The van der Waals surface area contributed by atoms with Gasteiger partial charge in [0.1, 0.15) is 11.1 Å². The standard InChI is InChI=1S/C26H28N6O2S2/c1-4-12-32-23(17(3)28-24(34)18-9-7-8-16(2)13-18)30-31-26(32)35-15-22(33)29-25-20(14-27)19-10-5-6-11-21(19)36-25/h4,7-9,13,17H,1,5-6,10-12,15H2,2-3H3,(H,28,34)(H,29,33)/t17-/m0/s1. The summed E-state index contributed by atoms with van der Waals surface area (Å²) in [5, 5.41) is 25.3. The van der Waals surface area contributed by atoms with E-state index in [9.17, 15) is 14.9 Å². The van der Waals surface area contributed by atoms with Gasteiger partial charge in [-0.2, -0.15) is 5.26 Å². The normalized spacial score (nSPS) is 13.4. The molecule has 1 aliphatic rings. The van der Waals surface area contributed by atoms with Gasteiger partial charge in [0.15, 0.2) is 11.0 Å². The Morgan fingerprint density at radius 3 is 2.89 bits per heavy atom. The minimum atomic E-state index is -0.399. The summed E-state index contributed by atoms with van der Waals surface area (Å²) in [5.41, 5.74) is 3.28. The number of aromatic nitrogens is 3. The molecule has 2 aromatic heterocycles. The molecule has 36 heavy (non-hydrogen) atoms. The topological polar surface area (TPSA) is 113 Å². The van der Waals surface area contributed by atoms with E-state index in [2.05, 4.69) is 33.5 Å². The van der Waals surface area contributed by atoms with Crippen molar-refractivity contribution in [3.05, 3.63) is 69.9 Å². The Kier molecular flexibility index (Phi) is 8.23. The van der Waals surface area contributed by atoms with Crippen LogP contribution in [0.3, 0.4) is 0 Å². The maximum atomic E-state index is 12.7. The summed E-state index contributed by atoms with van der Waals surface area (Å²) in [5.74, 6) is 0.300. The Hall–Kier alpha value is -3.42. The van der Waals surface area contributed by atoms with Gasteiger partial charge in [0.05, 0.1) is 17.4 Å². The van der Waals surface area contributed by atoms with Crippen LogP contribution in [0.15, 0.2) is 42.1 Å². The van der Waals surface area contributed by atoms with Crippen LogP contribution in [-0.4, -0.2) is 32.3 Å². The van der Waals surface area contributed by atoms with Gasteiger partial charge in [-0.25, -0.2) is 0 Å². The van der Waals surface area contributed by atoms with Gasteiger partial charge in [-0.05, 0) is 57.2 Å². The minimum Gasteiger partial charge on any atom is -0.342 e. The van der Waals surface area contributed by atoms with Crippen LogP contribution >= 0.6 is 23.1 Å². The predicted octanol–water partition coefficient (Wildman–Crippen LogP) is 4.81. The summed E-state index contributed by atoms with van der Waals surface area (Å²) < 4.78 is 1.84. The fourth-order valence-corrected chi connectivity index (χ4v) is 6.23. The molecule has 4 rings (SSSR count). The summed E-state index contributed by atoms with van der Waals surface area (Å²) >= 11 is 2.77. The molecule has 8 nitrogen and oxygen atoms in total. The van der Waals surface area contributed by atoms with E-state index in [1.54, 1.807) is 12.1 Å². The van der Waals surface area contributed by atoms with Crippen LogP contribution < -0.4 is 10.6 Å². The van der Waals surface area contributed by atoms with Crippen molar-refractivity contribution in [1.82, 2.24) is 20.1 Å². The number of carbonyl (C=O) groups excluding carboxylic acids is 2. The molecule has 1 aromatic carbocycles. The van der Waals surface area contributed by atoms with Gasteiger partial charge >= 0.3 is 0 Å². The summed E-state index contributed by atoms with van der Waals surface area (Å²) in [6.45, 7) is 8.04. The van der Waals surface area contributed by atoms with Crippen molar-refractivity contribution in [3.8, 4) is 6.07 Å². The zero-order valence-electron chi connectivity index (χ0n) is 20.3. The summed E-state index contributed by atoms with van der Waals surface area (Å²) in [6.07, 6.45) is 5.78. The number of thioether (sulfide) groups is 1. The van der Waals surface area contributed by atoms with Gasteiger partial charge in [-0.3, -0.25) is 9.59 Å². The first kappa shape index (κ1) is 25.7. The van der Waals surface area contributed by atoms with Gasteiger partial charge in [0, 0.05) is 17.0 Å². The molecule has 0 bridgehead atoms. The Balaban J connectivity index is 1.42. The highest BCUT2D eigenvalue weighted by molar-refractivity contribution is 7.99. The molecule has 2 amide bonds. The van der Waals surface area contributed by atoms with Crippen LogP contribution in [0.4, 0.5) is 5.00 Å². The first-order valence-corrected chi connectivity index (χ1v) is 13.6. The molecular weight excluding hydrogens is 492 g/mol. The van der Waals surface area contributed by atoms with Gasteiger partial charge < -0.3 is 15.2 Å². The number of rotatable bonds is 9. The Labute approximate surface area is 218 Å². The highest BCUT2D eigenvalue weighted by atomic mass is 32.2. The van der Waals surface area contributed by atoms with Crippen LogP contribution in [0, 0.1) is 18.3 Å². The average molecular weight is 521 g/mol. The lowest BCUT2D eigenvalue weighted by molar-refractivity contribution is -0.113. The van der Waals surface area contributed by atoms with Crippen molar-refractivity contribution in [2.24, 2.45) is 0 Å². The monoisotopic (exact) mass is 520 g/mol. The van der Waals surface area contributed by atoms with Crippen molar-refractivity contribution in [3.63, 3.8) is 0 Å². The summed E-state index contributed by atoms with van der Waals surface area (Å²) in [6, 6.07) is 9.26. The lowest BCUT2D eigenvalue weighted by Crippen LogP contribution is -2.28. The molecule has 0 saturated heterocycles. The third-order valence-corrected chi connectivity index (χ3v) is 8.11. The highest BCUT2D eigenvalue weighted by Gasteiger charge is 2.23. The van der Waals surface area contributed by atoms with E-state index in [-0.39, 0.29) is 17.6 Å². The fourth-order valence-electron chi connectivity index (χ4n) is 4.22. The Morgan fingerprint density at radius 2 is 2.14 bits per heavy atom. The van der Waals surface area contributed by atoms with E-state index >= 15 is 0 Å². The quantitative estimate of drug-likeness (QED) is 0.309. The van der Waals surface area contributed by atoms with Crippen LogP contribution in [0.1, 0.15) is 63.6 Å². The number of nitrogens with one attached hydrogen (secondary N) is 2. The number of carbonyl (C=O) groups is 2. The number of amides is 2. The zero-order valence-corrected chi connectivity index (χ0v) is 22.0. The van der Waals surface area contributed by atoms with Crippen LogP contribution in [0.2, 0.25) is 0 Å². The van der Waals surface area contributed by atoms with Crippen molar-refractivity contribution >= 4 is 39.9 Å². The first-order valence-electron chi connectivity index (χ1n) is 11.8. The number of anilines is 1. The number of hydrogen-bond donors (Lipinski definition) is 2. The second kappa shape index (κ2) is 11.5. The molecule has 0 spiro atoms. The number of allylic oxidation sites excluding steroid dienone is 1. The Bertz CT molecular complexity index is 1340. The number of fused-ring (bicyclic) bond motifs is 1. The maximum absolute atomic E-state index is 12.7. The molecular formula is C26H28N6O2S2. The third kappa shape index (κ3) is 5.69. The third-order valence-electron chi connectivity index (χ3n) is 5.94. The fraction of sp³-hybridized carbons (Fsp3) is 0.346.